The molecule has 0 aliphatic heterocycles. The molecule has 0 radical (unpaired) electrons. The van der Waals surface area contributed by atoms with Gasteiger partial charge in [0.2, 0.25) is 0 Å². The minimum atomic E-state index is 0.196. The molecule has 1 N–H and O–H groups in total. The standard InChI is InChI=1S/C17H17BrN2O/c1-12(14-5-3-13(10-19)4-6-14)20-11-15-9-16(18)7-8-17(15)21-2/h3-9,12,20H,11H2,1-2H3. The van der Waals surface area contributed by atoms with Crippen LogP contribution in [0.1, 0.15) is 29.7 Å². The molecular formula is C17H17BrN2O. The SMILES string of the molecule is COc1ccc(Br)cc1CNC(C)c1ccc(C#N)cc1. The van der Waals surface area contributed by atoms with Crippen LogP contribution in [0.3, 0.4) is 0 Å². The minimum Gasteiger partial charge on any atom is -0.496 e. The molecule has 0 heterocycles. The number of hydrogen-bond donors (Lipinski definition) is 1. The zero-order valence-electron chi connectivity index (χ0n) is 12.1. The first-order chi connectivity index (χ1) is 10.1. The van der Waals surface area contributed by atoms with Crippen molar-refractivity contribution in [3.05, 3.63) is 63.6 Å². The molecule has 0 aliphatic carbocycles. The zero-order chi connectivity index (χ0) is 15.2. The Morgan fingerprint density at radius 1 is 1.24 bits per heavy atom. The number of hydrogen-bond acceptors (Lipinski definition) is 3. The first-order valence-electron chi connectivity index (χ1n) is 6.70. The molecule has 0 aromatic heterocycles. The van der Waals surface area contributed by atoms with E-state index in [1.807, 2.05) is 36.4 Å². The maximum absolute atomic E-state index is 8.82. The summed E-state index contributed by atoms with van der Waals surface area (Å²) >= 11 is 3.48. The van der Waals surface area contributed by atoms with Crippen molar-refractivity contribution in [2.24, 2.45) is 0 Å². The van der Waals surface area contributed by atoms with Gasteiger partial charge in [-0.1, -0.05) is 28.1 Å². The molecule has 0 bridgehead atoms. The number of nitrogens with zero attached hydrogens (tertiary/aromatic N) is 1. The maximum atomic E-state index is 8.82. The third kappa shape index (κ3) is 4.07. The summed E-state index contributed by atoms with van der Waals surface area (Å²) in [5.41, 5.74) is 2.94. The lowest BCUT2D eigenvalue weighted by molar-refractivity contribution is 0.406. The smallest absolute Gasteiger partial charge is 0.123 e. The Kier molecular flexibility index (Phi) is 5.38. The predicted molar refractivity (Wildman–Crippen MR) is 87.1 cm³/mol. The highest BCUT2D eigenvalue weighted by Crippen LogP contribution is 2.23. The zero-order valence-corrected chi connectivity index (χ0v) is 13.6. The third-order valence-electron chi connectivity index (χ3n) is 3.38. The van der Waals surface area contributed by atoms with Crippen molar-refractivity contribution < 1.29 is 4.74 Å². The van der Waals surface area contributed by atoms with E-state index in [2.05, 4.69) is 40.3 Å². The molecule has 4 heteroatoms. The van der Waals surface area contributed by atoms with Gasteiger partial charge in [-0.25, -0.2) is 0 Å². The first kappa shape index (κ1) is 15.6. The van der Waals surface area contributed by atoms with Gasteiger partial charge in [0, 0.05) is 22.6 Å². The second-order valence-electron chi connectivity index (χ2n) is 4.79. The van der Waals surface area contributed by atoms with Crippen LogP contribution in [0, 0.1) is 11.3 Å². The third-order valence-corrected chi connectivity index (χ3v) is 3.87. The summed E-state index contributed by atoms with van der Waals surface area (Å²) in [6.07, 6.45) is 0. The molecule has 1 unspecified atom stereocenters. The molecule has 1 atom stereocenters. The molecule has 108 valence electrons. The average molecular weight is 345 g/mol. The summed E-state index contributed by atoms with van der Waals surface area (Å²) in [5, 5.41) is 12.3. The van der Waals surface area contributed by atoms with Crippen molar-refractivity contribution in [2.45, 2.75) is 19.5 Å². The van der Waals surface area contributed by atoms with Crippen molar-refractivity contribution >= 4 is 15.9 Å². The number of halogens is 1. The van der Waals surface area contributed by atoms with Gasteiger partial charge in [0.15, 0.2) is 0 Å². The molecule has 0 aliphatic rings. The van der Waals surface area contributed by atoms with Gasteiger partial charge in [0.1, 0.15) is 5.75 Å². The first-order valence-corrected chi connectivity index (χ1v) is 7.49. The summed E-state index contributed by atoms with van der Waals surface area (Å²) in [6.45, 7) is 2.82. The van der Waals surface area contributed by atoms with Crippen LogP contribution < -0.4 is 10.1 Å². The fraction of sp³-hybridized carbons (Fsp3) is 0.235. The van der Waals surface area contributed by atoms with Gasteiger partial charge in [-0.3, -0.25) is 0 Å². The van der Waals surface area contributed by atoms with E-state index in [4.69, 9.17) is 10.00 Å². The van der Waals surface area contributed by atoms with Crippen LogP contribution >= 0.6 is 15.9 Å². The van der Waals surface area contributed by atoms with Gasteiger partial charge in [-0.2, -0.15) is 5.26 Å². The summed E-state index contributed by atoms with van der Waals surface area (Å²) in [4.78, 5) is 0. The summed E-state index contributed by atoms with van der Waals surface area (Å²) in [6, 6.07) is 15.9. The summed E-state index contributed by atoms with van der Waals surface area (Å²) in [7, 11) is 1.68. The Hall–Kier alpha value is -1.83. The van der Waals surface area contributed by atoms with Crippen molar-refractivity contribution in [1.29, 1.82) is 5.26 Å². The maximum Gasteiger partial charge on any atom is 0.123 e. The molecule has 0 amide bonds. The van der Waals surface area contributed by atoms with E-state index in [0.29, 0.717) is 12.1 Å². The molecule has 0 spiro atoms. The van der Waals surface area contributed by atoms with E-state index in [1.54, 1.807) is 7.11 Å². The van der Waals surface area contributed by atoms with Crippen molar-refractivity contribution in [3.63, 3.8) is 0 Å². The fourth-order valence-corrected chi connectivity index (χ4v) is 2.52. The molecule has 2 rings (SSSR count). The Balaban J connectivity index is 2.05. The molecule has 0 fully saturated rings. The van der Waals surface area contributed by atoms with Crippen LogP contribution in [-0.2, 0) is 6.54 Å². The highest BCUT2D eigenvalue weighted by Gasteiger charge is 2.08. The Morgan fingerprint density at radius 2 is 1.95 bits per heavy atom. The quantitative estimate of drug-likeness (QED) is 0.884. The number of rotatable bonds is 5. The van der Waals surface area contributed by atoms with Gasteiger partial charge in [0.05, 0.1) is 18.7 Å². The number of nitrogens with one attached hydrogen (secondary N) is 1. The Morgan fingerprint density at radius 3 is 2.57 bits per heavy atom. The van der Waals surface area contributed by atoms with Crippen LogP contribution in [0.25, 0.3) is 0 Å². The Bertz CT molecular complexity index is 647. The van der Waals surface area contributed by atoms with Crippen LogP contribution in [0.15, 0.2) is 46.9 Å². The van der Waals surface area contributed by atoms with Crippen LogP contribution in [0.4, 0.5) is 0 Å². The van der Waals surface area contributed by atoms with Crippen molar-refractivity contribution in [3.8, 4) is 11.8 Å². The second kappa shape index (κ2) is 7.26. The molecule has 3 nitrogen and oxygen atoms in total. The largest absolute Gasteiger partial charge is 0.496 e. The monoisotopic (exact) mass is 344 g/mol. The van der Waals surface area contributed by atoms with E-state index in [-0.39, 0.29) is 6.04 Å². The molecule has 2 aromatic rings. The minimum absolute atomic E-state index is 0.196. The number of ether oxygens (including phenoxy) is 1. The number of benzene rings is 2. The lowest BCUT2D eigenvalue weighted by atomic mass is 10.1. The molecule has 21 heavy (non-hydrogen) atoms. The normalized spacial score (nSPS) is 11.7. The lowest BCUT2D eigenvalue weighted by Crippen LogP contribution is -2.18. The molecule has 0 saturated carbocycles. The summed E-state index contributed by atoms with van der Waals surface area (Å²) in [5.74, 6) is 0.873. The molecular weight excluding hydrogens is 328 g/mol. The van der Waals surface area contributed by atoms with E-state index in [9.17, 15) is 0 Å². The number of methoxy groups -OCH3 is 1. The van der Waals surface area contributed by atoms with Gasteiger partial charge in [0.25, 0.3) is 0 Å². The Labute approximate surface area is 133 Å². The number of nitriles is 1. The van der Waals surface area contributed by atoms with E-state index >= 15 is 0 Å². The molecule has 2 aromatic carbocycles. The average Bonchev–Trinajstić information content (AvgIpc) is 2.52. The van der Waals surface area contributed by atoms with Crippen LogP contribution in [0.2, 0.25) is 0 Å². The fourth-order valence-electron chi connectivity index (χ4n) is 2.11. The van der Waals surface area contributed by atoms with Crippen molar-refractivity contribution in [2.75, 3.05) is 7.11 Å². The van der Waals surface area contributed by atoms with Gasteiger partial charge in [-0.05, 0) is 42.8 Å². The van der Waals surface area contributed by atoms with E-state index < -0.39 is 0 Å². The van der Waals surface area contributed by atoms with Gasteiger partial charge < -0.3 is 10.1 Å². The van der Waals surface area contributed by atoms with Crippen molar-refractivity contribution in [1.82, 2.24) is 5.32 Å². The molecule has 0 saturated heterocycles. The van der Waals surface area contributed by atoms with E-state index in [1.165, 1.54) is 0 Å². The lowest BCUT2D eigenvalue weighted by Gasteiger charge is -2.16. The predicted octanol–water partition coefficient (Wildman–Crippen LogP) is 4.18. The van der Waals surface area contributed by atoms with E-state index in [0.717, 1.165) is 21.3 Å². The highest BCUT2D eigenvalue weighted by atomic mass is 79.9. The second-order valence-corrected chi connectivity index (χ2v) is 5.71. The highest BCUT2D eigenvalue weighted by molar-refractivity contribution is 9.10. The van der Waals surface area contributed by atoms with Crippen LogP contribution in [0.5, 0.6) is 5.75 Å². The van der Waals surface area contributed by atoms with Gasteiger partial charge in [-0.15, -0.1) is 0 Å². The van der Waals surface area contributed by atoms with Crippen LogP contribution in [-0.4, -0.2) is 7.11 Å². The van der Waals surface area contributed by atoms with Gasteiger partial charge >= 0.3 is 0 Å². The summed E-state index contributed by atoms with van der Waals surface area (Å²) < 4.78 is 6.41. The topological polar surface area (TPSA) is 45.0 Å².